The Morgan fingerprint density at radius 1 is 0.909 bits per heavy atom. The predicted molar refractivity (Wildman–Crippen MR) is 66.1 cm³/mol. The maximum Gasteiger partial charge on any atom is 0.460 e. The molecule has 12 heteroatoms. The normalized spacial score (nSPS) is 13.2. The number of benzene rings is 1. The van der Waals surface area contributed by atoms with E-state index in [1.165, 1.54) is 5.32 Å². The number of anilines is 1. The predicted octanol–water partition coefficient (Wildman–Crippen LogP) is 5.42. The zero-order valence-corrected chi connectivity index (χ0v) is 12.1. The molecule has 1 rings (SSSR count). The summed E-state index contributed by atoms with van der Waals surface area (Å²) in [6.45, 7) is 0. The minimum atomic E-state index is -6.62. The second-order valence-corrected chi connectivity index (χ2v) is 5.05. The van der Waals surface area contributed by atoms with Gasteiger partial charge in [0.25, 0.3) is 0 Å². The maximum absolute atomic E-state index is 13.1. The van der Waals surface area contributed by atoms with Crippen LogP contribution in [0, 0.1) is 0 Å². The summed E-state index contributed by atoms with van der Waals surface area (Å²) in [7, 11) is 0. The Morgan fingerprint density at radius 2 is 1.32 bits per heavy atom. The lowest BCUT2D eigenvalue weighted by molar-refractivity contribution is -0.343. The minimum absolute atomic E-state index is 0.228. The summed E-state index contributed by atoms with van der Waals surface area (Å²) < 4.78 is 87.3. The molecule has 1 aromatic rings. The Morgan fingerprint density at radius 3 is 1.68 bits per heavy atom. The first-order valence-corrected chi connectivity index (χ1v) is 6.13. The third-order valence-electron chi connectivity index (χ3n) is 2.28. The molecule has 1 aromatic carbocycles. The fourth-order valence-corrected chi connectivity index (χ4v) is 1.75. The molecule has 2 nitrogen and oxygen atoms in total. The van der Waals surface area contributed by atoms with Gasteiger partial charge in [-0.15, -0.1) is 0 Å². The van der Waals surface area contributed by atoms with Crippen LogP contribution in [0.15, 0.2) is 12.1 Å². The molecule has 1 N–H and O–H groups in total. The summed E-state index contributed by atoms with van der Waals surface area (Å²) in [5.41, 5.74) is -0.637. The number of nitrogens with one attached hydrogen (secondary N) is 1. The molecule has 0 unspecified atom stereocenters. The summed E-state index contributed by atoms with van der Waals surface area (Å²) in [5, 5.41) is 0.270. The van der Waals surface area contributed by atoms with Crippen molar-refractivity contribution >= 4 is 46.4 Å². The fraction of sp³-hybridized carbons (Fsp3) is 0.300. The summed E-state index contributed by atoms with van der Waals surface area (Å²) in [6.07, 6.45) is -6.62. The number of alkyl halides is 7. The van der Waals surface area contributed by atoms with Gasteiger partial charge in [-0.2, -0.15) is 30.7 Å². The molecule has 0 aliphatic rings. The van der Waals surface area contributed by atoms with E-state index in [9.17, 15) is 35.5 Å². The van der Waals surface area contributed by atoms with Gasteiger partial charge in [0, 0.05) is 5.69 Å². The van der Waals surface area contributed by atoms with Crippen molar-refractivity contribution in [3.8, 4) is 0 Å². The van der Waals surface area contributed by atoms with Gasteiger partial charge < -0.3 is 5.32 Å². The molecule has 1 amide bonds. The van der Waals surface area contributed by atoms with E-state index in [2.05, 4.69) is 0 Å². The Balaban J connectivity index is 3.12. The second kappa shape index (κ2) is 5.93. The van der Waals surface area contributed by atoms with Crippen LogP contribution in [0.4, 0.5) is 36.4 Å². The Labute approximate surface area is 133 Å². The van der Waals surface area contributed by atoms with E-state index in [4.69, 9.17) is 34.8 Å². The molecule has 0 radical (unpaired) electrons. The zero-order valence-electron chi connectivity index (χ0n) is 9.84. The minimum Gasteiger partial charge on any atom is -0.321 e. The lowest BCUT2D eigenvalue weighted by Crippen LogP contribution is -2.57. The molecule has 0 spiro atoms. The van der Waals surface area contributed by atoms with Crippen molar-refractivity contribution in [2.24, 2.45) is 0 Å². The van der Waals surface area contributed by atoms with E-state index in [0.29, 0.717) is 0 Å². The third-order valence-corrected chi connectivity index (χ3v) is 3.47. The number of carbonyl (C=O) groups excluding carboxylic acids is 1. The van der Waals surface area contributed by atoms with Crippen LogP contribution in [0.25, 0.3) is 0 Å². The van der Waals surface area contributed by atoms with Crippen molar-refractivity contribution in [1.29, 1.82) is 0 Å². The molecule has 0 saturated heterocycles. The van der Waals surface area contributed by atoms with Gasteiger partial charge in [0.15, 0.2) is 0 Å². The van der Waals surface area contributed by atoms with Gasteiger partial charge in [-0.05, 0) is 12.1 Å². The number of carbonyl (C=O) groups is 1. The van der Waals surface area contributed by atoms with Crippen molar-refractivity contribution < 1.29 is 35.5 Å². The van der Waals surface area contributed by atoms with E-state index >= 15 is 0 Å². The van der Waals surface area contributed by atoms with Crippen LogP contribution in [0.2, 0.25) is 15.1 Å². The number of hydrogen-bond donors (Lipinski definition) is 1. The molecule has 0 aliphatic heterocycles. The Kier molecular flexibility index (Phi) is 5.16. The molecule has 0 fully saturated rings. The highest BCUT2D eigenvalue weighted by Crippen LogP contribution is 2.47. The van der Waals surface area contributed by atoms with Crippen LogP contribution < -0.4 is 5.32 Å². The van der Waals surface area contributed by atoms with Gasteiger partial charge in [-0.3, -0.25) is 4.79 Å². The number of hydrogen-bond acceptors (Lipinski definition) is 1. The van der Waals surface area contributed by atoms with E-state index in [1.54, 1.807) is 0 Å². The molecule has 0 bridgehead atoms. The second-order valence-electron chi connectivity index (χ2n) is 3.85. The Bertz CT molecular complexity index is 580. The lowest BCUT2D eigenvalue weighted by atomic mass is 10.1. The summed E-state index contributed by atoms with van der Waals surface area (Å²) in [5.74, 6) is -15.5. The zero-order chi connectivity index (χ0) is 17.5. The van der Waals surface area contributed by atoms with Crippen molar-refractivity contribution in [3.63, 3.8) is 0 Å². The topological polar surface area (TPSA) is 29.1 Å². The average molecular weight is 392 g/mol. The largest absolute Gasteiger partial charge is 0.460 e. The number of amides is 1. The Hall–Kier alpha value is -0.930. The molecule has 0 aliphatic carbocycles. The van der Waals surface area contributed by atoms with Crippen LogP contribution in [0.1, 0.15) is 0 Å². The quantitative estimate of drug-likeness (QED) is 0.540. The van der Waals surface area contributed by atoms with Crippen LogP contribution >= 0.6 is 34.8 Å². The number of halogens is 10. The monoisotopic (exact) mass is 391 g/mol. The summed E-state index contributed by atoms with van der Waals surface area (Å²) in [6, 6.07) is 1.49. The van der Waals surface area contributed by atoms with Crippen molar-refractivity contribution in [2.75, 3.05) is 5.32 Å². The van der Waals surface area contributed by atoms with Crippen LogP contribution in [-0.4, -0.2) is 23.9 Å². The van der Waals surface area contributed by atoms with Gasteiger partial charge >= 0.3 is 23.9 Å². The number of rotatable bonds is 3. The first-order chi connectivity index (χ1) is 9.71. The highest BCUT2D eigenvalue weighted by atomic mass is 35.5. The first kappa shape index (κ1) is 19.1. The first-order valence-electron chi connectivity index (χ1n) is 5.00. The molecule has 0 saturated carbocycles. The smallest absolute Gasteiger partial charge is 0.321 e. The van der Waals surface area contributed by atoms with Gasteiger partial charge in [-0.1, -0.05) is 34.8 Å². The van der Waals surface area contributed by atoms with Gasteiger partial charge in [0.2, 0.25) is 0 Å². The highest BCUT2D eigenvalue weighted by Gasteiger charge is 2.76. The van der Waals surface area contributed by atoms with Crippen LogP contribution in [0.5, 0.6) is 0 Å². The molecular formula is C10H3Cl3F7NO. The molecule has 0 heterocycles. The third kappa shape index (κ3) is 3.36. The molecule has 124 valence electrons. The molecule has 0 aromatic heterocycles. The summed E-state index contributed by atoms with van der Waals surface area (Å²) >= 11 is 16.5. The fourth-order valence-electron chi connectivity index (χ4n) is 1.16. The molecule has 22 heavy (non-hydrogen) atoms. The van der Waals surface area contributed by atoms with E-state index in [1.807, 2.05) is 0 Å². The van der Waals surface area contributed by atoms with E-state index in [-0.39, 0.29) is 15.1 Å². The van der Waals surface area contributed by atoms with Crippen LogP contribution in [-0.2, 0) is 4.79 Å². The van der Waals surface area contributed by atoms with Crippen molar-refractivity contribution in [3.05, 3.63) is 27.2 Å². The highest BCUT2D eigenvalue weighted by molar-refractivity contribution is 6.48. The standard InChI is InChI=1S/C10H3Cl3F7NO/c11-4-1-3(2-5(12)6(4)13)21-7(22)8(14,15)9(16,17)10(18,19)20/h1-2H,(H,21,22). The maximum atomic E-state index is 13.1. The molecular weight excluding hydrogens is 389 g/mol. The summed E-state index contributed by atoms with van der Waals surface area (Å²) in [4.78, 5) is 11.1. The van der Waals surface area contributed by atoms with Crippen LogP contribution in [0.3, 0.4) is 0 Å². The molecule has 0 atom stereocenters. The van der Waals surface area contributed by atoms with Crippen molar-refractivity contribution in [1.82, 2.24) is 0 Å². The van der Waals surface area contributed by atoms with E-state index < -0.39 is 29.6 Å². The van der Waals surface area contributed by atoms with Gasteiger partial charge in [0.05, 0.1) is 15.1 Å². The van der Waals surface area contributed by atoms with Gasteiger partial charge in [0.1, 0.15) is 0 Å². The SMILES string of the molecule is O=C(Nc1cc(Cl)c(Cl)c(Cl)c1)C(F)(F)C(F)(F)C(F)(F)F. The average Bonchev–Trinajstić information content (AvgIpc) is 2.34. The van der Waals surface area contributed by atoms with E-state index in [0.717, 1.165) is 12.1 Å². The van der Waals surface area contributed by atoms with Crippen molar-refractivity contribution in [2.45, 2.75) is 18.0 Å². The lowest BCUT2D eigenvalue weighted by Gasteiger charge is -2.27. The van der Waals surface area contributed by atoms with Gasteiger partial charge in [-0.25, -0.2) is 0 Å².